The Balaban J connectivity index is 1.77. The van der Waals surface area contributed by atoms with Gasteiger partial charge in [-0.05, 0) is 62.1 Å². The quantitative estimate of drug-likeness (QED) is 0.211. The third kappa shape index (κ3) is 7.73. The summed E-state index contributed by atoms with van der Waals surface area (Å²) < 4.78 is 18.3. The first-order chi connectivity index (χ1) is 18.1. The largest absolute Gasteiger partial charge is 0.497 e. The Morgan fingerprint density at radius 2 is 1.66 bits per heavy atom. The molecule has 0 bridgehead atoms. The van der Waals surface area contributed by atoms with Crippen LogP contribution in [0.4, 0.5) is 0 Å². The number of ether oxygens (including phenoxy) is 3. The number of aryl methyl sites for hydroxylation is 1. The maximum atomic E-state index is 12.6. The van der Waals surface area contributed by atoms with Crippen molar-refractivity contribution in [2.75, 3.05) is 34.4 Å². The van der Waals surface area contributed by atoms with Gasteiger partial charge < -0.3 is 23.7 Å². The Morgan fingerprint density at radius 3 is 2.32 bits per heavy atom. The van der Waals surface area contributed by atoms with Gasteiger partial charge in [0.25, 0.3) is 0 Å². The highest BCUT2D eigenvalue weighted by Crippen LogP contribution is 2.29. The molecule has 0 N–H and O–H groups in total. The van der Waals surface area contributed by atoms with Crippen molar-refractivity contribution in [3.8, 4) is 22.9 Å². The smallest absolute Gasteiger partial charge is 0.305 e. The Bertz CT molecular complexity index is 1210. The molecule has 0 saturated carbocycles. The number of nitrogens with zero attached hydrogens (tertiary/aromatic N) is 3. The second kappa shape index (κ2) is 13.3. The molecule has 8 heteroatoms. The highest BCUT2D eigenvalue weighted by Gasteiger charge is 2.24. The Kier molecular flexibility index (Phi) is 10.2. The molecular weight excluding hydrogens is 482 g/mol. The average Bonchev–Trinajstić information content (AvgIpc) is 3.27. The first kappa shape index (κ1) is 29.0. The molecule has 0 aliphatic rings. The summed E-state index contributed by atoms with van der Waals surface area (Å²) >= 11 is 0. The number of fused-ring (bicyclic) bond motifs is 1. The van der Waals surface area contributed by atoms with Gasteiger partial charge in [-0.3, -0.25) is 9.59 Å². The second-order valence-electron chi connectivity index (χ2n) is 10.5. The van der Waals surface area contributed by atoms with E-state index in [9.17, 15) is 9.59 Å². The summed E-state index contributed by atoms with van der Waals surface area (Å²) in [7, 11) is 4.93. The fourth-order valence-corrected chi connectivity index (χ4v) is 4.36. The Hall–Kier alpha value is -3.55. The van der Waals surface area contributed by atoms with Crippen LogP contribution in [0.1, 0.15) is 52.9 Å². The lowest BCUT2D eigenvalue weighted by Crippen LogP contribution is -2.37. The molecule has 3 rings (SSSR count). The monoisotopic (exact) mass is 523 g/mol. The van der Waals surface area contributed by atoms with Gasteiger partial charge in [0.1, 0.15) is 17.3 Å². The minimum absolute atomic E-state index is 0.130. The first-order valence-electron chi connectivity index (χ1n) is 13.2. The van der Waals surface area contributed by atoms with E-state index in [1.165, 1.54) is 7.11 Å². The molecule has 0 atom stereocenters. The van der Waals surface area contributed by atoms with E-state index in [-0.39, 0.29) is 11.9 Å². The predicted molar refractivity (Wildman–Crippen MR) is 149 cm³/mol. The molecule has 0 radical (unpaired) electrons. The molecule has 0 fully saturated rings. The van der Waals surface area contributed by atoms with Crippen LogP contribution in [0.3, 0.4) is 0 Å². The fraction of sp³-hybridized carbons (Fsp3) is 0.500. The van der Waals surface area contributed by atoms with E-state index >= 15 is 0 Å². The van der Waals surface area contributed by atoms with Gasteiger partial charge >= 0.3 is 5.97 Å². The van der Waals surface area contributed by atoms with Gasteiger partial charge in [0.2, 0.25) is 5.91 Å². The summed E-state index contributed by atoms with van der Waals surface area (Å²) in [5.41, 5.74) is 2.47. The van der Waals surface area contributed by atoms with E-state index < -0.39 is 5.41 Å². The summed E-state index contributed by atoms with van der Waals surface area (Å²) in [6.45, 7) is 7.76. The third-order valence-corrected chi connectivity index (χ3v) is 6.45. The van der Waals surface area contributed by atoms with Gasteiger partial charge in [0.15, 0.2) is 0 Å². The predicted octanol–water partition coefficient (Wildman–Crippen LogP) is 5.72. The van der Waals surface area contributed by atoms with Gasteiger partial charge in [0.05, 0.1) is 31.9 Å². The second-order valence-corrected chi connectivity index (χ2v) is 10.5. The standard InChI is InChI=1S/C30H41N3O5/c1-30(2,3)29(35)32(4)18-10-19-33-26-21-24(38-20-9-7-8-11-27(34)37-6)16-17-25(26)31-28(33)22-12-14-23(36-5)15-13-22/h12-17,21H,7-11,18-20H2,1-6H3. The number of amides is 1. The molecule has 1 aromatic heterocycles. The van der Waals surface area contributed by atoms with E-state index in [0.29, 0.717) is 26.1 Å². The van der Waals surface area contributed by atoms with Gasteiger partial charge in [-0.2, -0.15) is 0 Å². The fourth-order valence-electron chi connectivity index (χ4n) is 4.36. The van der Waals surface area contributed by atoms with Crippen LogP contribution in [0, 0.1) is 5.41 Å². The zero-order valence-corrected chi connectivity index (χ0v) is 23.6. The molecule has 3 aromatic rings. The number of carbonyl (C=O) groups is 2. The average molecular weight is 524 g/mol. The molecule has 1 amide bonds. The van der Waals surface area contributed by atoms with E-state index in [0.717, 1.165) is 59.6 Å². The summed E-state index contributed by atoms with van der Waals surface area (Å²) in [4.78, 5) is 30.6. The molecule has 0 aliphatic carbocycles. The molecule has 0 unspecified atom stereocenters. The van der Waals surface area contributed by atoms with Gasteiger partial charge in [-0.25, -0.2) is 4.98 Å². The molecule has 206 valence electrons. The number of esters is 1. The first-order valence-corrected chi connectivity index (χ1v) is 13.2. The maximum Gasteiger partial charge on any atom is 0.305 e. The Labute approximate surface area is 225 Å². The lowest BCUT2D eigenvalue weighted by atomic mass is 9.95. The molecule has 0 saturated heterocycles. The minimum Gasteiger partial charge on any atom is -0.497 e. The minimum atomic E-state index is -0.406. The van der Waals surface area contributed by atoms with Crippen molar-refractivity contribution in [2.24, 2.45) is 5.41 Å². The zero-order chi connectivity index (χ0) is 27.7. The van der Waals surface area contributed by atoms with Crippen molar-refractivity contribution in [1.29, 1.82) is 0 Å². The lowest BCUT2D eigenvalue weighted by Gasteiger charge is -2.26. The molecule has 0 spiro atoms. The number of hydrogen-bond donors (Lipinski definition) is 0. The van der Waals surface area contributed by atoms with Gasteiger partial charge in [-0.1, -0.05) is 20.8 Å². The molecule has 38 heavy (non-hydrogen) atoms. The number of hydrogen-bond acceptors (Lipinski definition) is 6. The number of rotatable bonds is 13. The molecule has 0 aliphatic heterocycles. The zero-order valence-electron chi connectivity index (χ0n) is 23.6. The van der Waals surface area contributed by atoms with Gasteiger partial charge in [0, 0.05) is 43.6 Å². The van der Waals surface area contributed by atoms with E-state index in [1.807, 2.05) is 70.3 Å². The van der Waals surface area contributed by atoms with Crippen molar-refractivity contribution >= 4 is 22.9 Å². The number of benzene rings is 2. The Morgan fingerprint density at radius 1 is 0.947 bits per heavy atom. The molecule has 1 heterocycles. The van der Waals surface area contributed by atoms with Crippen LogP contribution in [-0.4, -0.2) is 60.7 Å². The van der Waals surface area contributed by atoms with Crippen molar-refractivity contribution in [1.82, 2.24) is 14.5 Å². The van der Waals surface area contributed by atoms with Crippen LogP contribution >= 0.6 is 0 Å². The van der Waals surface area contributed by atoms with Crippen LogP contribution in [0.2, 0.25) is 0 Å². The summed E-state index contributed by atoms with van der Waals surface area (Å²) in [6, 6.07) is 13.9. The van der Waals surface area contributed by atoms with Crippen molar-refractivity contribution < 1.29 is 23.8 Å². The molecule has 2 aromatic carbocycles. The lowest BCUT2D eigenvalue weighted by molar-refractivity contribution is -0.140. The van der Waals surface area contributed by atoms with E-state index in [4.69, 9.17) is 14.5 Å². The van der Waals surface area contributed by atoms with Crippen LogP contribution < -0.4 is 9.47 Å². The van der Waals surface area contributed by atoms with E-state index in [2.05, 4.69) is 9.30 Å². The number of aromatic nitrogens is 2. The summed E-state index contributed by atoms with van der Waals surface area (Å²) in [6.07, 6.45) is 3.78. The number of methoxy groups -OCH3 is 2. The maximum absolute atomic E-state index is 12.6. The number of unbranched alkanes of at least 4 members (excludes halogenated alkanes) is 2. The molecule has 8 nitrogen and oxygen atoms in total. The van der Waals surface area contributed by atoms with Crippen LogP contribution in [0.5, 0.6) is 11.5 Å². The van der Waals surface area contributed by atoms with Crippen molar-refractivity contribution in [3.05, 3.63) is 42.5 Å². The third-order valence-electron chi connectivity index (χ3n) is 6.45. The van der Waals surface area contributed by atoms with Crippen LogP contribution in [-0.2, 0) is 20.9 Å². The van der Waals surface area contributed by atoms with Crippen LogP contribution in [0.15, 0.2) is 42.5 Å². The number of imidazole rings is 1. The van der Waals surface area contributed by atoms with E-state index in [1.54, 1.807) is 12.0 Å². The SMILES string of the molecule is COC(=O)CCCCCOc1ccc2nc(-c3ccc(OC)cc3)n(CCCN(C)C(=O)C(C)(C)C)c2c1. The summed E-state index contributed by atoms with van der Waals surface area (Å²) in [5.74, 6) is 2.40. The number of carbonyl (C=O) groups excluding carboxylic acids is 2. The topological polar surface area (TPSA) is 82.9 Å². The van der Waals surface area contributed by atoms with Crippen LogP contribution in [0.25, 0.3) is 22.4 Å². The van der Waals surface area contributed by atoms with Gasteiger partial charge in [-0.15, -0.1) is 0 Å². The normalized spacial score (nSPS) is 11.4. The van der Waals surface area contributed by atoms with Crippen molar-refractivity contribution in [3.63, 3.8) is 0 Å². The highest BCUT2D eigenvalue weighted by molar-refractivity contribution is 5.82. The summed E-state index contributed by atoms with van der Waals surface area (Å²) in [5, 5.41) is 0. The molecular formula is C30H41N3O5. The highest BCUT2D eigenvalue weighted by atomic mass is 16.5. The van der Waals surface area contributed by atoms with Crippen molar-refractivity contribution in [2.45, 2.75) is 59.4 Å².